The molecule has 1 saturated heterocycles. The predicted octanol–water partition coefficient (Wildman–Crippen LogP) is 1.15. The number of H-pyrrole nitrogens is 1. The molecule has 1 aliphatic heterocycles. The van der Waals surface area contributed by atoms with Crippen molar-refractivity contribution in [3.63, 3.8) is 0 Å². The van der Waals surface area contributed by atoms with Crippen LogP contribution in [0.4, 0.5) is 0 Å². The highest BCUT2D eigenvalue weighted by atomic mass is 16.5. The summed E-state index contributed by atoms with van der Waals surface area (Å²) in [7, 11) is 0. The molecule has 1 aromatic rings. The molecule has 0 spiro atoms. The molecule has 5 heteroatoms. The van der Waals surface area contributed by atoms with Crippen LogP contribution in [0.2, 0.25) is 0 Å². The summed E-state index contributed by atoms with van der Waals surface area (Å²) in [6, 6.07) is 0.00477. The van der Waals surface area contributed by atoms with Gasteiger partial charge in [-0.2, -0.15) is 15.4 Å². The van der Waals surface area contributed by atoms with Gasteiger partial charge in [0, 0.05) is 6.61 Å². The lowest BCUT2D eigenvalue weighted by molar-refractivity contribution is 0.101. The minimum Gasteiger partial charge on any atom is -0.378 e. The highest BCUT2D eigenvalue weighted by molar-refractivity contribution is 4.97. The van der Waals surface area contributed by atoms with E-state index in [1.54, 1.807) is 6.20 Å². The molecule has 1 fully saturated rings. The van der Waals surface area contributed by atoms with Gasteiger partial charge >= 0.3 is 0 Å². The van der Waals surface area contributed by atoms with Gasteiger partial charge in [-0.3, -0.25) is 0 Å². The van der Waals surface area contributed by atoms with Gasteiger partial charge in [-0.1, -0.05) is 0 Å². The molecule has 0 saturated carbocycles. The Balaban J connectivity index is 1.65. The maximum atomic E-state index is 5.96. The summed E-state index contributed by atoms with van der Waals surface area (Å²) < 4.78 is 5.55. The van der Waals surface area contributed by atoms with Crippen LogP contribution in [-0.2, 0) is 4.74 Å². The highest BCUT2D eigenvalue weighted by Crippen LogP contribution is 2.20. The normalized spacial score (nSPS) is 23.1. The number of hydrogen-bond acceptors (Lipinski definition) is 4. The van der Waals surface area contributed by atoms with Crippen LogP contribution in [-0.4, -0.2) is 28.1 Å². The van der Waals surface area contributed by atoms with E-state index in [1.165, 1.54) is 12.8 Å². The van der Waals surface area contributed by atoms with Crippen LogP contribution in [0.5, 0.6) is 0 Å². The molecule has 3 N–H and O–H groups in total. The third kappa shape index (κ3) is 3.00. The first-order valence-corrected chi connectivity index (χ1v) is 5.59. The Morgan fingerprint density at radius 2 is 2.60 bits per heavy atom. The fraction of sp³-hybridized carbons (Fsp3) is 0.800. The third-order valence-corrected chi connectivity index (χ3v) is 2.88. The minimum absolute atomic E-state index is 0.00477. The zero-order valence-corrected chi connectivity index (χ0v) is 8.85. The first-order valence-electron chi connectivity index (χ1n) is 5.59. The van der Waals surface area contributed by atoms with Crippen molar-refractivity contribution in [1.29, 1.82) is 0 Å². The minimum atomic E-state index is 0.00477. The number of ether oxygens (including phenoxy) is 1. The first kappa shape index (κ1) is 10.6. The van der Waals surface area contributed by atoms with Crippen LogP contribution < -0.4 is 5.73 Å². The number of nitrogens with zero attached hydrogens (tertiary/aromatic N) is 2. The molecule has 84 valence electrons. The van der Waals surface area contributed by atoms with Crippen LogP contribution >= 0.6 is 0 Å². The molecule has 5 nitrogen and oxygen atoms in total. The smallest absolute Gasteiger partial charge is 0.0991 e. The number of rotatable bonds is 5. The Morgan fingerprint density at radius 3 is 3.27 bits per heavy atom. The van der Waals surface area contributed by atoms with Crippen LogP contribution in [0.1, 0.15) is 43.8 Å². The summed E-state index contributed by atoms with van der Waals surface area (Å²) in [5, 5.41) is 10.3. The van der Waals surface area contributed by atoms with Gasteiger partial charge in [0.05, 0.1) is 24.0 Å². The van der Waals surface area contributed by atoms with Gasteiger partial charge in [0.15, 0.2) is 0 Å². The maximum Gasteiger partial charge on any atom is 0.0991 e. The first-order chi connectivity index (χ1) is 7.36. The summed E-state index contributed by atoms with van der Waals surface area (Å²) in [5.41, 5.74) is 6.81. The second-order valence-electron chi connectivity index (χ2n) is 4.07. The van der Waals surface area contributed by atoms with Crippen molar-refractivity contribution in [2.75, 3.05) is 6.61 Å². The van der Waals surface area contributed by atoms with E-state index in [2.05, 4.69) is 15.4 Å². The summed E-state index contributed by atoms with van der Waals surface area (Å²) >= 11 is 0. The monoisotopic (exact) mass is 210 g/mol. The number of nitrogens with two attached hydrogens (primary N) is 1. The van der Waals surface area contributed by atoms with Gasteiger partial charge in [0.25, 0.3) is 0 Å². The Morgan fingerprint density at radius 1 is 1.67 bits per heavy atom. The average molecular weight is 210 g/mol. The molecule has 2 atom stereocenters. The van der Waals surface area contributed by atoms with Gasteiger partial charge in [-0.05, 0) is 32.1 Å². The van der Waals surface area contributed by atoms with E-state index in [0.717, 1.165) is 31.6 Å². The second-order valence-corrected chi connectivity index (χ2v) is 4.07. The van der Waals surface area contributed by atoms with Crippen LogP contribution in [0.25, 0.3) is 0 Å². The Labute approximate surface area is 89.4 Å². The van der Waals surface area contributed by atoms with Gasteiger partial charge in [0.1, 0.15) is 0 Å². The van der Waals surface area contributed by atoms with Crippen molar-refractivity contribution in [1.82, 2.24) is 15.4 Å². The molecule has 0 radical (unpaired) electrons. The molecule has 0 amide bonds. The van der Waals surface area contributed by atoms with E-state index < -0.39 is 0 Å². The molecule has 1 aliphatic rings. The van der Waals surface area contributed by atoms with Gasteiger partial charge in [0.2, 0.25) is 0 Å². The fourth-order valence-electron chi connectivity index (χ4n) is 1.97. The van der Waals surface area contributed by atoms with E-state index >= 15 is 0 Å². The maximum absolute atomic E-state index is 5.96. The molecule has 0 aliphatic carbocycles. The topological polar surface area (TPSA) is 76.8 Å². The number of aromatic nitrogens is 3. The summed E-state index contributed by atoms with van der Waals surface area (Å²) in [6.45, 7) is 0.931. The van der Waals surface area contributed by atoms with E-state index in [1.807, 2.05) is 0 Å². The quantitative estimate of drug-likeness (QED) is 0.764. The van der Waals surface area contributed by atoms with E-state index in [9.17, 15) is 0 Å². The van der Waals surface area contributed by atoms with Crippen LogP contribution in [0.3, 0.4) is 0 Å². The lowest BCUT2D eigenvalue weighted by Gasteiger charge is -2.11. The zero-order valence-electron chi connectivity index (χ0n) is 8.85. The number of aromatic amines is 1. The van der Waals surface area contributed by atoms with Crippen molar-refractivity contribution >= 4 is 0 Å². The number of nitrogens with one attached hydrogen (secondary N) is 1. The zero-order chi connectivity index (χ0) is 10.5. The van der Waals surface area contributed by atoms with Crippen molar-refractivity contribution < 1.29 is 4.74 Å². The van der Waals surface area contributed by atoms with Crippen molar-refractivity contribution in [3.05, 3.63) is 11.9 Å². The van der Waals surface area contributed by atoms with Crippen molar-refractivity contribution in [2.24, 2.45) is 5.73 Å². The lowest BCUT2D eigenvalue weighted by atomic mass is 10.0. The van der Waals surface area contributed by atoms with Gasteiger partial charge in [-0.15, -0.1) is 0 Å². The third-order valence-electron chi connectivity index (χ3n) is 2.88. The Hall–Kier alpha value is -0.940. The number of hydrogen-bond donors (Lipinski definition) is 2. The SMILES string of the molecule is NC(CCCC1CCCO1)c1cn[nH]n1. The van der Waals surface area contributed by atoms with E-state index in [0.29, 0.717) is 6.10 Å². The summed E-state index contributed by atoms with van der Waals surface area (Å²) in [5.74, 6) is 0. The summed E-state index contributed by atoms with van der Waals surface area (Å²) in [6.07, 6.45) is 7.74. The average Bonchev–Trinajstić information content (AvgIpc) is 2.90. The van der Waals surface area contributed by atoms with Gasteiger partial charge < -0.3 is 10.5 Å². The predicted molar refractivity (Wildman–Crippen MR) is 56.1 cm³/mol. The molecule has 1 aromatic heterocycles. The van der Waals surface area contributed by atoms with Crippen molar-refractivity contribution in [2.45, 2.75) is 44.2 Å². The standard InChI is InChI=1S/C10H18N4O/c11-9(10-7-12-14-13-10)5-1-3-8-4-2-6-15-8/h7-9H,1-6,11H2,(H,12,13,14). The van der Waals surface area contributed by atoms with E-state index in [4.69, 9.17) is 10.5 Å². The molecular formula is C10H18N4O. The molecule has 15 heavy (non-hydrogen) atoms. The molecule has 0 bridgehead atoms. The van der Waals surface area contributed by atoms with Gasteiger partial charge in [-0.25, -0.2) is 0 Å². The summed E-state index contributed by atoms with van der Waals surface area (Å²) in [4.78, 5) is 0. The van der Waals surface area contributed by atoms with Crippen LogP contribution in [0.15, 0.2) is 6.20 Å². The highest BCUT2D eigenvalue weighted by Gasteiger charge is 2.16. The van der Waals surface area contributed by atoms with Crippen LogP contribution in [0, 0.1) is 0 Å². The largest absolute Gasteiger partial charge is 0.378 e. The van der Waals surface area contributed by atoms with Crippen molar-refractivity contribution in [3.8, 4) is 0 Å². The second kappa shape index (κ2) is 5.23. The fourth-order valence-corrected chi connectivity index (χ4v) is 1.97. The Kier molecular flexibility index (Phi) is 3.69. The molecule has 2 rings (SSSR count). The van der Waals surface area contributed by atoms with E-state index in [-0.39, 0.29) is 6.04 Å². The molecule has 0 aromatic carbocycles. The lowest BCUT2D eigenvalue weighted by Crippen LogP contribution is -2.12. The molecule has 2 heterocycles. The molecular weight excluding hydrogens is 192 g/mol. The molecule has 2 unspecified atom stereocenters. The Bertz CT molecular complexity index is 269.